The highest BCUT2D eigenvalue weighted by molar-refractivity contribution is 7.99. The highest BCUT2D eigenvalue weighted by atomic mass is 32.2. The van der Waals surface area contributed by atoms with Gasteiger partial charge in [-0.15, -0.1) is 11.8 Å². The van der Waals surface area contributed by atoms with E-state index in [9.17, 15) is 0 Å². The molecule has 0 bridgehead atoms. The van der Waals surface area contributed by atoms with Crippen LogP contribution in [0, 0.1) is 11.3 Å². The summed E-state index contributed by atoms with van der Waals surface area (Å²) in [4.78, 5) is 1.15. The molecule has 0 fully saturated rings. The summed E-state index contributed by atoms with van der Waals surface area (Å²) < 4.78 is 0. The molecule has 0 radical (unpaired) electrons. The van der Waals surface area contributed by atoms with Gasteiger partial charge in [0.2, 0.25) is 0 Å². The Balaban J connectivity index is 2.56. The summed E-state index contributed by atoms with van der Waals surface area (Å²) in [6.07, 6.45) is 0.741. The highest BCUT2D eigenvalue weighted by Crippen LogP contribution is 2.37. The fraction of sp³-hybridized carbons (Fsp3) is 0.300. The van der Waals surface area contributed by atoms with Crippen molar-refractivity contribution in [2.24, 2.45) is 5.73 Å². The molecule has 2 rings (SSSR count). The second-order valence-corrected chi connectivity index (χ2v) is 4.31. The van der Waals surface area contributed by atoms with Gasteiger partial charge in [0.05, 0.1) is 6.07 Å². The normalized spacial score (nSPS) is 26.2. The van der Waals surface area contributed by atoms with Crippen molar-refractivity contribution in [3.8, 4) is 6.07 Å². The van der Waals surface area contributed by atoms with Gasteiger partial charge in [-0.3, -0.25) is 0 Å². The van der Waals surface area contributed by atoms with E-state index in [1.807, 2.05) is 24.3 Å². The van der Waals surface area contributed by atoms with E-state index in [-0.39, 0.29) is 0 Å². The van der Waals surface area contributed by atoms with Gasteiger partial charge in [0.15, 0.2) is 0 Å². The third kappa shape index (κ3) is 1.32. The Kier molecular flexibility index (Phi) is 2.03. The molecular weight excluding hydrogens is 180 g/mol. The molecular formula is C10H10N2S. The van der Waals surface area contributed by atoms with Crippen molar-refractivity contribution in [3.05, 3.63) is 29.8 Å². The van der Waals surface area contributed by atoms with Crippen molar-refractivity contribution in [1.29, 1.82) is 5.26 Å². The third-order valence-corrected chi connectivity index (χ3v) is 3.40. The first-order chi connectivity index (χ1) is 6.26. The van der Waals surface area contributed by atoms with Gasteiger partial charge in [-0.25, -0.2) is 0 Å². The minimum atomic E-state index is -0.762. The molecule has 66 valence electrons. The molecule has 1 unspecified atom stereocenters. The summed E-state index contributed by atoms with van der Waals surface area (Å²) in [5.41, 5.74) is 6.21. The standard InChI is InChI=1S/C10H10N2S/c11-7-10(12)5-6-13-9-4-2-1-3-8(9)10/h1-4H,5-6,12H2. The van der Waals surface area contributed by atoms with Gasteiger partial charge in [0.25, 0.3) is 0 Å². The molecule has 1 aromatic rings. The molecule has 2 N–H and O–H groups in total. The number of nitrogens with zero attached hydrogens (tertiary/aromatic N) is 1. The van der Waals surface area contributed by atoms with Gasteiger partial charge < -0.3 is 5.73 Å². The predicted octanol–water partition coefficient (Wildman–Crippen LogP) is 1.86. The van der Waals surface area contributed by atoms with Gasteiger partial charge in [-0.2, -0.15) is 5.26 Å². The number of benzene rings is 1. The third-order valence-electron chi connectivity index (χ3n) is 2.32. The minimum Gasteiger partial charge on any atom is -0.310 e. The minimum absolute atomic E-state index is 0.741. The fourth-order valence-electron chi connectivity index (χ4n) is 1.53. The lowest BCUT2D eigenvalue weighted by Gasteiger charge is -2.28. The zero-order chi connectivity index (χ0) is 9.31. The van der Waals surface area contributed by atoms with Gasteiger partial charge >= 0.3 is 0 Å². The van der Waals surface area contributed by atoms with Crippen molar-refractivity contribution in [3.63, 3.8) is 0 Å². The number of rotatable bonds is 0. The van der Waals surface area contributed by atoms with Crippen molar-refractivity contribution in [2.45, 2.75) is 16.9 Å². The zero-order valence-electron chi connectivity index (χ0n) is 7.16. The second-order valence-electron chi connectivity index (χ2n) is 3.18. The summed E-state index contributed by atoms with van der Waals surface area (Å²) in [7, 11) is 0. The average molecular weight is 190 g/mol. The van der Waals surface area contributed by atoms with Crippen molar-refractivity contribution in [2.75, 3.05) is 5.75 Å². The van der Waals surface area contributed by atoms with E-state index in [0.717, 1.165) is 22.6 Å². The monoisotopic (exact) mass is 190 g/mol. The molecule has 13 heavy (non-hydrogen) atoms. The Morgan fingerprint density at radius 3 is 3.00 bits per heavy atom. The van der Waals surface area contributed by atoms with Crippen molar-refractivity contribution >= 4 is 11.8 Å². The molecule has 1 heterocycles. The first-order valence-corrected chi connectivity index (χ1v) is 5.17. The Hall–Kier alpha value is -0.980. The van der Waals surface area contributed by atoms with E-state index in [2.05, 4.69) is 6.07 Å². The summed E-state index contributed by atoms with van der Waals surface area (Å²) in [6, 6.07) is 10.1. The Morgan fingerprint density at radius 2 is 2.23 bits per heavy atom. The molecule has 1 aliphatic rings. The van der Waals surface area contributed by atoms with E-state index >= 15 is 0 Å². The van der Waals surface area contributed by atoms with E-state index in [1.165, 1.54) is 0 Å². The Bertz CT molecular complexity index is 369. The van der Waals surface area contributed by atoms with Crippen LogP contribution >= 0.6 is 11.8 Å². The zero-order valence-corrected chi connectivity index (χ0v) is 7.97. The Labute approximate surface area is 81.7 Å². The van der Waals surface area contributed by atoms with Crippen LogP contribution in [0.4, 0.5) is 0 Å². The topological polar surface area (TPSA) is 49.8 Å². The van der Waals surface area contributed by atoms with E-state index in [4.69, 9.17) is 11.0 Å². The van der Waals surface area contributed by atoms with Crippen LogP contribution in [-0.2, 0) is 5.54 Å². The molecule has 1 aliphatic heterocycles. The molecule has 0 saturated carbocycles. The maximum atomic E-state index is 9.01. The molecule has 0 aliphatic carbocycles. The largest absolute Gasteiger partial charge is 0.310 e. The quantitative estimate of drug-likeness (QED) is 0.679. The van der Waals surface area contributed by atoms with Crippen molar-refractivity contribution in [1.82, 2.24) is 0 Å². The predicted molar refractivity (Wildman–Crippen MR) is 53.3 cm³/mol. The fourth-order valence-corrected chi connectivity index (χ4v) is 2.76. The lowest BCUT2D eigenvalue weighted by Crippen LogP contribution is -2.38. The lowest BCUT2D eigenvalue weighted by molar-refractivity contribution is 0.541. The summed E-state index contributed by atoms with van der Waals surface area (Å²) in [6.45, 7) is 0. The number of hydrogen-bond acceptors (Lipinski definition) is 3. The first-order valence-electron chi connectivity index (χ1n) is 4.19. The summed E-state index contributed by atoms with van der Waals surface area (Å²) in [5.74, 6) is 0.932. The number of thioether (sulfide) groups is 1. The SMILES string of the molecule is N#CC1(N)CCSc2ccccc21. The van der Waals surface area contributed by atoms with Crippen LogP contribution in [0.15, 0.2) is 29.2 Å². The van der Waals surface area contributed by atoms with Gasteiger partial charge in [-0.05, 0) is 18.1 Å². The van der Waals surface area contributed by atoms with Gasteiger partial charge in [0, 0.05) is 10.6 Å². The van der Waals surface area contributed by atoms with Crippen LogP contribution < -0.4 is 5.73 Å². The van der Waals surface area contributed by atoms with Crippen LogP contribution in [0.1, 0.15) is 12.0 Å². The summed E-state index contributed by atoms with van der Waals surface area (Å²) in [5, 5.41) is 9.01. The lowest BCUT2D eigenvalue weighted by atomic mass is 9.89. The first kappa shape index (κ1) is 8.61. The van der Waals surface area contributed by atoms with E-state index in [1.54, 1.807) is 11.8 Å². The summed E-state index contributed by atoms with van der Waals surface area (Å²) >= 11 is 1.78. The second kappa shape index (κ2) is 3.06. The van der Waals surface area contributed by atoms with E-state index < -0.39 is 5.54 Å². The maximum absolute atomic E-state index is 9.01. The van der Waals surface area contributed by atoms with E-state index in [0.29, 0.717) is 0 Å². The molecule has 0 amide bonds. The maximum Gasteiger partial charge on any atom is 0.131 e. The average Bonchev–Trinajstić information content (AvgIpc) is 2.19. The van der Waals surface area contributed by atoms with Crippen LogP contribution in [0.5, 0.6) is 0 Å². The van der Waals surface area contributed by atoms with Crippen LogP contribution in [0.3, 0.4) is 0 Å². The molecule has 3 heteroatoms. The van der Waals surface area contributed by atoms with Crippen LogP contribution in [0.2, 0.25) is 0 Å². The van der Waals surface area contributed by atoms with Crippen molar-refractivity contribution < 1.29 is 0 Å². The van der Waals surface area contributed by atoms with Crippen LogP contribution in [-0.4, -0.2) is 5.75 Å². The Morgan fingerprint density at radius 1 is 1.46 bits per heavy atom. The number of hydrogen-bond donors (Lipinski definition) is 1. The van der Waals surface area contributed by atoms with Crippen LogP contribution in [0.25, 0.3) is 0 Å². The number of nitriles is 1. The number of nitrogens with two attached hydrogens (primary N) is 1. The van der Waals surface area contributed by atoms with Gasteiger partial charge in [-0.1, -0.05) is 18.2 Å². The molecule has 1 atom stereocenters. The smallest absolute Gasteiger partial charge is 0.131 e. The van der Waals surface area contributed by atoms with Gasteiger partial charge in [0.1, 0.15) is 5.54 Å². The molecule has 0 aromatic heterocycles. The molecule has 2 nitrogen and oxygen atoms in total. The molecule has 0 saturated heterocycles. The highest BCUT2D eigenvalue weighted by Gasteiger charge is 2.32. The molecule has 0 spiro atoms. The molecule has 1 aromatic carbocycles. The number of fused-ring (bicyclic) bond motifs is 1.